The quantitative estimate of drug-likeness (QED) is 0.0586. The molecule has 7 aliphatic rings. The topological polar surface area (TPSA) is 149 Å². The average molecular weight is 902 g/mol. The van der Waals surface area contributed by atoms with Gasteiger partial charge in [0.05, 0.1) is 17.1 Å². The molecule has 0 aromatic heterocycles. The number of esters is 1. The van der Waals surface area contributed by atoms with Gasteiger partial charge in [-0.25, -0.2) is 4.79 Å². The van der Waals surface area contributed by atoms with Crippen LogP contribution in [0.3, 0.4) is 0 Å². The number of anilines is 1. The van der Waals surface area contributed by atoms with Crippen LogP contribution in [0.25, 0.3) is 0 Å². The molecule has 65 heavy (non-hydrogen) atoms. The van der Waals surface area contributed by atoms with E-state index in [2.05, 4.69) is 64.1 Å². The molecule has 1 spiro atoms. The Hall–Kier alpha value is -4.61. The fourth-order valence-electron chi connectivity index (χ4n) is 16.2. The molecule has 5 fully saturated rings. The first kappa shape index (κ1) is 44.2. The molecule has 5 aliphatic carbocycles. The maximum Gasteiger partial charge on any atom is 0.340 e. The first-order valence-corrected chi connectivity index (χ1v) is 24.6. The lowest BCUT2D eigenvalue weighted by Crippen LogP contribution is -2.67. The number of carbonyl (C=O) groups is 2. The second-order valence-electron chi connectivity index (χ2n) is 22.5. The van der Waals surface area contributed by atoms with Gasteiger partial charge in [0.1, 0.15) is 23.0 Å². The maximum atomic E-state index is 14.7. The van der Waals surface area contributed by atoms with Crippen LogP contribution in [0.2, 0.25) is 0 Å². The van der Waals surface area contributed by atoms with Gasteiger partial charge in [-0.2, -0.15) is 0 Å². The van der Waals surface area contributed by atoms with E-state index in [-0.39, 0.29) is 50.6 Å². The smallest absolute Gasteiger partial charge is 0.340 e. The first-order valence-electron chi connectivity index (χ1n) is 24.2. The van der Waals surface area contributed by atoms with Crippen molar-refractivity contribution in [3.05, 3.63) is 89.0 Å². The fraction of sp³-hybridized carbons (Fsp3) is 0.574. The van der Waals surface area contributed by atoms with Gasteiger partial charge in [-0.05, 0) is 177 Å². The van der Waals surface area contributed by atoms with E-state index < -0.39 is 11.6 Å². The van der Waals surface area contributed by atoms with E-state index in [1.54, 1.807) is 18.2 Å². The standard InChI is InChI=1S/C54H67N3O7S/c1-30(2)34-17-22-53(24-23-51(6)39(45(34)53)15-16-43-50(5)20-19-44(60)49(3,4)42(50)18-21-52(43,51)7)47(62)55-25-8-26-56-48(65)57-31-9-12-36-35(27-31)46(61)64-54(36)37-13-10-32(58)28-40(37)63-41-29-33(59)11-14-38(41)54/h9-14,27-29,34,39,42-45,58-60H,1,8,15-26H2,2-7H3,(H,55,62)(H2,56,57,65)/t34-,39+,42-,43+,44-,45+,50-,51+,52+,53-/m0/s1. The number of phenolic OH excluding ortho intramolecular Hbond substituents is 2. The average Bonchev–Trinajstić information content (AvgIpc) is 3.79. The number of carbonyl (C=O) groups excluding carboxylic acids is 2. The third-order valence-corrected chi connectivity index (χ3v) is 19.7. The van der Waals surface area contributed by atoms with Crippen molar-refractivity contribution in [1.82, 2.24) is 10.6 Å². The summed E-state index contributed by atoms with van der Waals surface area (Å²) in [7, 11) is 0. The van der Waals surface area contributed by atoms with Gasteiger partial charge in [-0.15, -0.1) is 0 Å². The normalized spacial score (nSPS) is 35.3. The molecule has 6 N–H and O–H groups in total. The molecule has 3 aromatic carbocycles. The summed E-state index contributed by atoms with van der Waals surface area (Å²) in [4.78, 5) is 28.3. The number of thiocarbonyl (C=S) groups is 1. The number of benzene rings is 3. The Morgan fingerprint density at radius 3 is 2.15 bits per heavy atom. The second-order valence-corrected chi connectivity index (χ2v) is 22.9. The molecule has 0 radical (unpaired) electrons. The van der Waals surface area contributed by atoms with Crippen LogP contribution in [0.4, 0.5) is 5.69 Å². The van der Waals surface area contributed by atoms with Crippen LogP contribution in [0.5, 0.6) is 23.0 Å². The van der Waals surface area contributed by atoms with Crippen molar-refractivity contribution in [2.24, 2.45) is 56.7 Å². The van der Waals surface area contributed by atoms with Crippen molar-refractivity contribution in [3.8, 4) is 23.0 Å². The van der Waals surface area contributed by atoms with Gasteiger partial charge in [0.25, 0.3) is 0 Å². The van der Waals surface area contributed by atoms with Crippen molar-refractivity contribution in [3.63, 3.8) is 0 Å². The predicted molar refractivity (Wildman–Crippen MR) is 255 cm³/mol. The van der Waals surface area contributed by atoms with Crippen LogP contribution < -0.4 is 20.7 Å². The van der Waals surface area contributed by atoms with E-state index >= 15 is 0 Å². The molecule has 0 unspecified atom stereocenters. The third kappa shape index (κ3) is 6.29. The van der Waals surface area contributed by atoms with Crippen molar-refractivity contribution >= 4 is 34.9 Å². The minimum Gasteiger partial charge on any atom is -0.508 e. The number of hydrogen-bond acceptors (Lipinski definition) is 8. The summed E-state index contributed by atoms with van der Waals surface area (Å²) in [5.41, 5.74) is 2.69. The molecule has 2 aliphatic heterocycles. The van der Waals surface area contributed by atoms with Gasteiger partial charge in [0.15, 0.2) is 10.7 Å². The lowest BCUT2D eigenvalue weighted by molar-refractivity contribution is -0.246. The zero-order valence-corrected chi connectivity index (χ0v) is 39.8. The third-order valence-electron chi connectivity index (χ3n) is 19.5. The van der Waals surface area contributed by atoms with Gasteiger partial charge in [-0.3, -0.25) is 4.79 Å². The highest BCUT2D eigenvalue weighted by atomic mass is 32.1. The summed E-state index contributed by atoms with van der Waals surface area (Å²) in [6, 6.07) is 14.8. The lowest BCUT2D eigenvalue weighted by Gasteiger charge is -2.72. The zero-order valence-electron chi connectivity index (χ0n) is 38.9. The summed E-state index contributed by atoms with van der Waals surface area (Å²) in [6.07, 6.45) is 11.2. The number of allylic oxidation sites excluding steroid dienone is 1. The van der Waals surface area contributed by atoms with Gasteiger partial charge in [-0.1, -0.05) is 52.8 Å². The summed E-state index contributed by atoms with van der Waals surface area (Å²) in [6.45, 7) is 20.3. The highest BCUT2D eigenvalue weighted by Crippen LogP contribution is 2.77. The molecule has 1 amide bonds. The summed E-state index contributed by atoms with van der Waals surface area (Å²) >= 11 is 5.70. The van der Waals surface area contributed by atoms with Gasteiger partial charge < -0.3 is 40.7 Å². The number of aliphatic hydroxyl groups excluding tert-OH is 1. The van der Waals surface area contributed by atoms with Crippen LogP contribution in [0, 0.1) is 56.7 Å². The molecule has 346 valence electrons. The fourth-order valence-corrected chi connectivity index (χ4v) is 16.4. The zero-order chi connectivity index (χ0) is 46.1. The number of amides is 1. The number of hydrogen-bond donors (Lipinski definition) is 6. The Balaban J connectivity index is 0.791. The molecule has 10 nitrogen and oxygen atoms in total. The Bertz CT molecular complexity index is 2450. The molecule has 0 saturated heterocycles. The molecular formula is C54H67N3O7S. The van der Waals surface area contributed by atoms with E-state index in [0.29, 0.717) is 93.7 Å². The van der Waals surface area contributed by atoms with E-state index in [4.69, 9.17) is 21.7 Å². The Labute approximate surface area is 389 Å². The number of aromatic hydroxyl groups is 2. The molecule has 2 heterocycles. The molecule has 3 aromatic rings. The Morgan fingerprint density at radius 1 is 0.785 bits per heavy atom. The Morgan fingerprint density at radius 2 is 1.46 bits per heavy atom. The highest BCUT2D eigenvalue weighted by Gasteiger charge is 2.72. The molecular weight excluding hydrogens is 835 g/mol. The highest BCUT2D eigenvalue weighted by molar-refractivity contribution is 7.80. The number of ether oxygens (including phenoxy) is 2. The number of rotatable bonds is 7. The van der Waals surface area contributed by atoms with E-state index in [9.17, 15) is 24.9 Å². The number of nitrogens with one attached hydrogen (secondary N) is 3. The number of phenols is 2. The van der Waals surface area contributed by atoms with Crippen molar-refractivity contribution in [2.45, 2.75) is 124 Å². The van der Waals surface area contributed by atoms with Crippen molar-refractivity contribution in [2.75, 3.05) is 18.4 Å². The summed E-state index contributed by atoms with van der Waals surface area (Å²) in [5, 5.41) is 42.0. The molecule has 5 saturated carbocycles. The number of fused-ring (bicyclic) bond motifs is 13. The van der Waals surface area contributed by atoms with E-state index in [0.717, 1.165) is 38.5 Å². The van der Waals surface area contributed by atoms with Crippen LogP contribution in [0.15, 0.2) is 66.7 Å². The maximum absolute atomic E-state index is 14.7. The molecule has 0 bridgehead atoms. The lowest BCUT2D eigenvalue weighted by atomic mass is 9.32. The molecule has 10 atom stereocenters. The van der Waals surface area contributed by atoms with Gasteiger partial charge >= 0.3 is 5.97 Å². The van der Waals surface area contributed by atoms with Crippen LogP contribution in [-0.4, -0.2) is 51.5 Å². The SMILES string of the molecule is C=C(C)[C@@H]1CC[C@]2(C(=O)NCCCNC(=S)Nc3ccc4c(c3)C(=O)OC43c4ccc(O)cc4Oc4cc(O)ccc43)CC[C@]3(C)[C@H](CC[C@@H]4[C@@]5(C)CC[C@H](O)C(C)(C)[C@@H]5CC[C@]43C)[C@@H]12. The van der Waals surface area contributed by atoms with Crippen LogP contribution >= 0.6 is 12.2 Å². The molecule has 10 rings (SSSR count). The molecule has 11 heteroatoms. The van der Waals surface area contributed by atoms with Crippen LogP contribution in [-0.2, 0) is 15.1 Å². The van der Waals surface area contributed by atoms with E-state index in [1.807, 2.05) is 12.1 Å². The van der Waals surface area contributed by atoms with Crippen molar-refractivity contribution in [1.29, 1.82) is 0 Å². The minimum absolute atomic E-state index is 0.00339. The van der Waals surface area contributed by atoms with E-state index in [1.165, 1.54) is 55.5 Å². The first-order chi connectivity index (χ1) is 30.8. The predicted octanol–water partition coefficient (Wildman–Crippen LogP) is 10.5. The van der Waals surface area contributed by atoms with Gasteiger partial charge in [0, 0.05) is 47.6 Å². The second kappa shape index (κ2) is 15.2. The van der Waals surface area contributed by atoms with Gasteiger partial charge in [0.2, 0.25) is 5.91 Å². The monoisotopic (exact) mass is 901 g/mol. The summed E-state index contributed by atoms with van der Waals surface area (Å²) < 4.78 is 12.3. The summed E-state index contributed by atoms with van der Waals surface area (Å²) in [5.74, 6) is 2.59. The van der Waals surface area contributed by atoms with Crippen molar-refractivity contribution < 1.29 is 34.4 Å². The largest absolute Gasteiger partial charge is 0.508 e. The Kier molecular flexibility index (Phi) is 10.3. The number of aliphatic hydroxyl groups is 1. The minimum atomic E-state index is -1.34. The van der Waals surface area contributed by atoms with Crippen LogP contribution in [0.1, 0.15) is 139 Å².